The fraction of sp³-hybridized carbons (Fsp3) is 0.0909. The number of pyridine rings is 1. The summed E-state index contributed by atoms with van der Waals surface area (Å²) in [5.74, 6) is -0.936. The van der Waals surface area contributed by atoms with Crippen LogP contribution in [0.3, 0.4) is 0 Å². The molecule has 1 aromatic carbocycles. The molecular weight excluding hydrogens is 322 g/mol. The topological polar surface area (TPSA) is 50.2 Å². The van der Waals surface area contributed by atoms with E-state index in [9.17, 15) is 4.79 Å². The molecule has 0 unspecified atom stereocenters. The first-order valence-electron chi connectivity index (χ1n) is 4.28. The van der Waals surface area contributed by atoms with Crippen molar-refractivity contribution in [3.63, 3.8) is 0 Å². The predicted octanol–water partition coefficient (Wildman–Crippen LogP) is 2.24. The Bertz CT molecular complexity index is 511. The number of hydrogen-bond acceptors (Lipinski definition) is 2. The van der Waals surface area contributed by atoms with Crippen molar-refractivity contribution in [3.8, 4) is 0 Å². The molecule has 0 fully saturated rings. The van der Waals surface area contributed by atoms with Crippen LogP contribution < -0.4 is 0 Å². The molecular formula is C11H9NNdO2. The van der Waals surface area contributed by atoms with Crippen LogP contribution in [-0.4, -0.2) is 16.1 Å². The molecule has 0 aliphatic carbocycles. The number of rotatable bonds is 1. The van der Waals surface area contributed by atoms with E-state index in [1.54, 1.807) is 12.1 Å². The molecule has 1 N–H and O–H groups in total. The van der Waals surface area contributed by atoms with E-state index in [-0.39, 0.29) is 46.4 Å². The molecule has 0 atom stereocenters. The number of carbonyl (C=O) groups is 1. The SMILES string of the molecule is Cc1ccc2cccc(C(=O)O)c2n1.[Nd]. The van der Waals surface area contributed by atoms with E-state index >= 15 is 0 Å². The monoisotopic (exact) mass is 329 g/mol. The molecule has 1 aromatic heterocycles. The maximum absolute atomic E-state index is 10.9. The van der Waals surface area contributed by atoms with Crippen LogP contribution in [0.4, 0.5) is 0 Å². The molecule has 3 nitrogen and oxygen atoms in total. The quantitative estimate of drug-likeness (QED) is 0.872. The van der Waals surface area contributed by atoms with Crippen molar-refractivity contribution >= 4 is 16.9 Å². The van der Waals surface area contributed by atoms with E-state index in [0.717, 1.165) is 11.1 Å². The Morgan fingerprint density at radius 3 is 2.67 bits per heavy atom. The van der Waals surface area contributed by atoms with Crippen molar-refractivity contribution in [1.29, 1.82) is 0 Å². The number of carboxylic acid groups (broad SMARTS) is 1. The molecule has 0 spiro atoms. The molecule has 0 amide bonds. The number of benzene rings is 1. The molecule has 2 aromatic rings. The molecule has 0 saturated heterocycles. The summed E-state index contributed by atoms with van der Waals surface area (Å²) in [6, 6.07) is 8.90. The van der Waals surface area contributed by atoms with Crippen LogP contribution in [0.25, 0.3) is 10.9 Å². The van der Waals surface area contributed by atoms with Gasteiger partial charge in [-0.15, -0.1) is 0 Å². The third-order valence-electron chi connectivity index (χ3n) is 2.09. The molecule has 1 heterocycles. The van der Waals surface area contributed by atoms with Gasteiger partial charge in [0.15, 0.2) is 0 Å². The molecule has 74 valence electrons. The van der Waals surface area contributed by atoms with Gasteiger partial charge in [-0.2, -0.15) is 0 Å². The summed E-state index contributed by atoms with van der Waals surface area (Å²) in [5, 5.41) is 9.79. The fourth-order valence-corrected chi connectivity index (χ4v) is 1.42. The Kier molecular flexibility index (Phi) is 4.16. The summed E-state index contributed by atoms with van der Waals surface area (Å²) in [4.78, 5) is 15.1. The molecule has 0 aliphatic heterocycles. The molecule has 4 heteroatoms. The average Bonchev–Trinajstić information content (AvgIpc) is 2.16. The number of nitrogens with zero attached hydrogens (tertiary/aromatic N) is 1. The van der Waals surface area contributed by atoms with E-state index in [1.807, 2.05) is 25.1 Å². The zero-order valence-electron chi connectivity index (χ0n) is 8.19. The maximum atomic E-state index is 10.9. The van der Waals surface area contributed by atoms with Gasteiger partial charge in [0.1, 0.15) is 0 Å². The van der Waals surface area contributed by atoms with Gasteiger partial charge >= 0.3 is 5.97 Å². The van der Waals surface area contributed by atoms with E-state index in [4.69, 9.17) is 5.11 Å². The summed E-state index contributed by atoms with van der Waals surface area (Å²) in [7, 11) is 0. The van der Waals surface area contributed by atoms with Gasteiger partial charge in [0.25, 0.3) is 0 Å². The Labute approximate surface area is 120 Å². The van der Waals surface area contributed by atoms with Gasteiger partial charge in [-0.1, -0.05) is 18.2 Å². The van der Waals surface area contributed by atoms with E-state index in [0.29, 0.717) is 5.52 Å². The summed E-state index contributed by atoms with van der Waals surface area (Å²) in [6.07, 6.45) is 0. The Hall–Kier alpha value is -0.549. The number of carboxylic acids is 1. The van der Waals surface area contributed by atoms with Crippen molar-refractivity contribution in [1.82, 2.24) is 4.98 Å². The molecule has 15 heavy (non-hydrogen) atoms. The second-order valence-corrected chi connectivity index (χ2v) is 3.14. The van der Waals surface area contributed by atoms with Gasteiger partial charge in [0, 0.05) is 51.9 Å². The molecule has 0 saturated carbocycles. The van der Waals surface area contributed by atoms with E-state index < -0.39 is 5.97 Å². The van der Waals surface area contributed by atoms with Crippen LogP contribution in [0.2, 0.25) is 0 Å². The van der Waals surface area contributed by atoms with Crippen LogP contribution in [0.15, 0.2) is 30.3 Å². The van der Waals surface area contributed by atoms with Crippen molar-refractivity contribution in [3.05, 3.63) is 41.6 Å². The number of hydrogen-bond donors (Lipinski definition) is 1. The number of para-hydroxylation sites is 1. The third kappa shape index (κ3) is 2.52. The second-order valence-electron chi connectivity index (χ2n) is 3.14. The molecule has 0 bridgehead atoms. The van der Waals surface area contributed by atoms with Gasteiger partial charge in [0.05, 0.1) is 11.1 Å². The van der Waals surface area contributed by atoms with Crippen molar-refractivity contribution < 1.29 is 50.7 Å². The van der Waals surface area contributed by atoms with Gasteiger partial charge < -0.3 is 5.11 Å². The van der Waals surface area contributed by atoms with Gasteiger partial charge in [-0.05, 0) is 19.1 Å². The van der Waals surface area contributed by atoms with Crippen LogP contribution in [0.1, 0.15) is 16.1 Å². The zero-order chi connectivity index (χ0) is 10.1. The van der Waals surface area contributed by atoms with Crippen molar-refractivity contribution in [2.24, 2.45) is 0 Å². The molecule has 0 radical (unpaired) electrons. The number of aromatic carboxylic acids is 1. The van der Waals surface area contributed by atoms with Crippen molar-refractivity contribution in [2.45, 2.75) is 6.92 Å². The Morgan fingerprint density at radius 1 is 1.27 bits per heavy atom. The van der Waals surface area contributed by atoms with Gasteiger partial charge in [0.2, 0.25) is 0 Å². The second kappa shape index (κ2) is 4.99. The third-order valence-corrected chi connectivity index (χ3v) is 2.09. The summed E-state index contributed by atoms with van der Waals surface area (Å²) < 4.78 is 0. The van der Waals surface area contributed by atoms with Crippen LogP contribution in [-0.2, 0) is 0 Å². The Morgan fingerprint density at radius 2 is 2.00 bits per heavy atom. The average molecular weight is 331 g/mol. The van der Waals surface area contributed by atoms with Crippen molar-refractivity contribution in [2.75, 3.05) is 0 Å². The normalized spacial score (nSPS) is 9.67. The first kappa shape index (κ1) is 12.5. The minimum absolute atomic E-state index is 0. The first-order chi connectivity index (χ1) is 6.68. The largest absolute Gasteiger partial charge is 0.478 e. The number of aryl methyl sites for hydroxylation is 1. The summed E-state index contributed by atoms with van der Waals surface area (Å²) in [5.41, 5.74) is 1.64. The van der Waals surface area contributed by atoms with Gasteiger partial charge in [-0.3, -0.25) is 4.98 Å². The standard InChI is InChI=1S/C11H9NO2.Nd/c1-7-5-6-8-3-2-4-9(11(13)14)10(8)12-7;/h2-6H,1H3,(H,13,14);. The summed E-state index contributed by atoms with van der Waals surface area (Å²) >= 11 is 0. The minimum atomic E-state index is -0.936. The maximum Gasteiger partial charge on any atom is 0.337 e. The van der Waals surface area contributed by atoms with Crippen LogP contribution >= 0.6 is 0 Å². The zero-order valence-corrected chi connectivity index (χ0v) is 11.4. The van der Waals surface area contributed by atoms with Crippen LogP contribution in [0.5, 0.6) is 0 Å². The number of fused-ring (bicyclic) bond motifs is 1. The van der Waals surface area contributed by atoms with Crippen LogP contribution in [0, 0.1) is 47.8 Å². The fourth-order valence-electron chi connectivity index (χ4n) is 1.42. The smallest absolute Gasteiger partial charge is 0.337 e. The molecule has 0 aliphatic rings. The Balaban J connectivity index is 0.00000112. The molecule has 2 rings (SSSR count). The first-order valence-corrected chi connectivity index (χ1v) is 4.28. The van der Waals surface area contributed by atoms with E-state index in [1.165, 1.54) is 0 Å². The van der Waals surface area contributed by atoms with Gasteiger partial charge in [-0.25, -0.2) is 4.79 Å². The van der Waals surface area contributed by atoms with E-state index in [2.05, 4.69) is 4.98 Å². The number of aromatic nitrogens is 1. The predicted molar refractivity (Wildman–Crippen MR) is 53.4 cm³/mol. The summed E-state index contributed by atoms with van der Waals surface area (Å²) in [6.45, 7) is 1.85. The minimum Gasteiger partial charge on any atom is -0.478 e.